The number of nitrogens with two attached hydrogens (primary N) is 1. The van der Waals surface area contributed by atoms with Crippen LogP contribution in [-0.2, 0) is 9.84 Å². The predicted molar refractivity (Wildman–Crippen MR) is 84.5 cm³/mol. The zero-order valence-corrected chi connectivity index (χ0v) is 14.0. The molecule has 1 amide bonds. The third-order valence-corrected chi connectivity index (χ3v) is 5.54. The molecule has 0 atom stereocenters. The molecule has 1 aliphatic heterocycles. The van der Waals surface area contributed by atoms with Gasteiger partial charge in [0.1, 0.15) is 10.7 Å². The van der Waals surface area contributed by atoms with E-state index in [4.69, 9.17) is 5.73 Å². The molecule has 2 rings (SSSR count). The Morgan fingerprint density at radius 1 is 1.33 bits per heavy atom. The topological polar surface area (TPSA) is 105 Å². The van der Waals surface area contributed by atoms with Gasteiger partial charge in [-0.2, -0.15) is 0 Å². The molecule has 1 aromatic heterocycles. The van der Waals surface area contributed by atoms with Crippen LogP contribution in [0.4, 0.5) is 10.9 Å². The van der Waals surface area contributed by atoms with Crippen LogP contribution in [0.2, 0.25) is 0 Å². The lowest BCUT2D eigenvalue weighted by Gasteiger charge is -2.26. The number of anilines is 2. The molecule has 7 nitrogen and oxygen atoms in total. The highest BCUT2D eigenvalue weighted by atomic mass is 32.2. The van der Waals surface area contributed by atoms with Gasteiger partial charge in [0.15, 0.2) is 15.0 Å². The number of carbonyl (C=O) groups is 1. The third-order valence-electron chi connectivity index (χ3n) is 2.96. The number of nitrogens with one attached hydrogen (secondary N) is 1. The maximum absolute atomic E-state index is 12.4. The third kappa shape index (κ3) is 4.07. The zero-order chi connectivity index (χ0) is 15.8. The van der Waals surface area contributed by atoms with Crippen LogP contribution in [0.5, 0.6) is 0 Å². The van der Waals surface area contributed by atoms with Crippen LogP contribution >= 0.6 is 11.3 Å². The highest BCUT2D eigenvalue weighted by Gasteiger charge is 2.28. The lowest BCUT2D eigenvalue weighted by molar-refractivity contribution is 0.0776. The molecule has 0 saturated carbocycles. The minimum atomic E-state index is -3.01. The number of rotatable bonds is 2. The van der Waals surface area contributed by atoms with E-state index >= 15 is 0 Å². The molecule has 2 heterocycles. The first-order chi connectivity index (χ1) is 9.57. The monoisotopic (exact) mass is 332 g/mol. The Hall–Kier alpha value is -1.35. The van der Waals surface area contributed by atoms with E-state index in [0.717, 1.165) is 0 Å². The Balaban J connectivity index is 2.13. The van der Waals surface area contributed by atoms with Gasteiger partial charge < -0.3 is 16.0 Å². The van der Waals surface area contributed by atoms with E-state index in [1.54, 1.807) is 0 Å². The van der Waals surface area contributed by atoms with Crippen LogP contribution in [0.1, 0.15) is 30.4 Å². The van der Waals surface area contributed by atoms with Crippen LogP contribution in [0.25, 0.3) is 0 Å². The summed E-state index contributed by atoms with van der Waals surface area (Å²) in [6, 6.07) is 0. The summed E-state index contributed by atoms with van der Waals surface area (Å²) in [5, 5.41) is 3.76. The molecule has 0 spiro atoms. The maximum atomic E-state index is 12.4. The second-order valence-electron chi connectivity index (χ2n) is 6.05. The highest BCUT2D eigenvalue weighted by Crippen LogP contribution is 2.28. The first kappa shape index (κ1) is 16.0. The fourth-order valence-corrected chi connectivity index (χ4v) is 4.18. The Morgan fingerprint density at radius 3 is 2.43 bits per heavy atom. The van der Waals surface area contributed by atoms with Crippen molar-refractivity contribution < 1.29 is 13.2 Å². The number of nitrogen functional groups attached to an aromatic ring is 1. The number of thiazole rings is 1. The zero-order valence-electron chi connectivity index (χ0n) is 12.3. The molecule has 1 aliphatic rings. The number of aromatic nitrogens is 1. The fraction of sp³-hybridized carbons (Fsp3) is 0.667. The van der Waals surface area contributed by atoms with Gasteiger partial charge in [-0.15, -0.1) is 0 Å². The average Bonchev–Trinajstić information content (AvgIpc) is 2.66. The van der Waals surface area contributed by atoms with Crippen LogP contribution in [0, 0.1) is 0 Å². The van der Waals surface area contributed by atoms with Crippen LogP contribution in [0.15, 0.2) is 0 Å². The van der Waals surface area contributed by atoms with Crippen molar-refractivity contribution in [3.8, 4) is 0 Å². The van der Waals surface area contributed by atoms with Crippen molar-refractivity contribution in [3.63, 3.8) is 0 Å². The van der Waals surface area contributed by atoms with E-state index in [2.05, 4.69) is 10.3 Å². The number of amides is 1. The van der Waals surface area contributed by atoms with Crippen molar-refractivity contribution in [3.05, 3.63) is 4.88 Å². The second kappa shape index (κ2) is 5.45. The molecule has 1 saturated heterocycles. The van der Waals surface area contributed by atoms with Gasteiger partial charge in [-0.3, -0.25) is 4.79 Å². The SMILES string of the molecule is CC(C)(C)Nc1nc(N)c(C(=O)N2CCS(=O)(=O)CC2)s1. The van der Waals surface area contributed by atoms with Crippen molar-refractivity contribution in [1.29, 1.82) is 0 Å². The Bertz CT molecular complexity index is 632. The molecule has 21 heavy (non-hydrogen) atoms. The molecule has 3 N–H and O–H groups in total. The van der Waals surface area contributed by atoms with Gasteiger partial charge in [0.25, 0.3) is 5.91 Å². The van der Waals surface area contributed by atoms with E-state index in [9.17, 15) is 13.2 Å². The summed E-state index contributed by atoms with van der Waals surface area (Å²) < 4.78 is 22.8. The largest absolute Gasteiger partial charge is 0.382 e. The van der Waals surface area contributed by atoms with E-state index < -0.39 is 9.84 Å². The Kier molecular flexibility index (Phi) is 4.16. The summed E-state index contributed by atoms with van der Waals surface area (Å²) in [6.45, 7) is 6.38. The normalized spacial score (nSPS) is 18.5. The van der Waals surface area contributed by atoms with Gasteiger partial charge in [0.2, 0.25) is 0 Å². The van der Waals surface area contributed by atoms with Gasteiger partial charge >= 0.3 is 0 Å². The molecule has 1 fully saturated rings. The summed E-state index contributed by atoms with van der Waals surface area (Å²) >= 11 is 1.20. The minimum absolute atomic E-state index is 0.00451. The summed E-state index contributed by atoms with van der Waals surface area (Å²) in [4.78, 5) is 18.4. The molecule has 0 aromatic carbocycles. The molecule has 0 unspecified atom stereocenters. The molecule has 0 bridgehead atoms. The first-order valence-corrected chi connectivity index (χ1v) is 9.25. The second-order valence-corrected chi connectivity index (χ2v) is 9.36. The van der Waals surface area contributed by atoms with E-state index in [1.165, 1.54) is 16.2 Å². The average molecular weight is 332 g/mol. The quantitative estimate of drug-likeness (QED) is 0.830. The molecule has 1 aromatic rings. The Morgan fingerprint density at radius 2 is 1.90 bits per heavy atom. The summed E-state index contributed by atoms with van der Waals surface area (Å²) in [5.41, 5.74) is 5.64. The molecule has 0 radical (unpaired) electrons. The highest BCUT2D eigenvalue weighted by molar-refractivity contribution is 7.91. The van der Waals surface area contributed by atoms with E-state index in [0.29, 0.717) is 10.0 Å². The minimum Gasteiger partial charge on any atom is -0.382 e. The number of carbonyl (C=O) groups excluding carboxylic acids is 1. The van der Waals surface area contributed by atoms with Crippen LogP contribution in [-0.4, -0.2) is 54.3 Å². The molecule has 0 aliphatic carbocycles. The predicted octanol–water partition coefficient (Wildman–Crippen LogP) is 0.806. The number of nitrogens with zero attached hydrogens (tertiary/aromatic N) is 2. The summed E-state index contributed by atoms with van der Waals surface area (Å²) in [5.74, 6) is -0.0539. The van der Waals surface area contributed by atoms with Crippen molar-refractivity contribution >= 4 is 38.0 Å². The molecular weight excluding hydrogens is 312 g/mol. The van der Waals surface area contributed by atoms with Gasteiger partial charge in [-0.05, 0) is 20.8 Å². The lowest BCUT2D eigenvalue weighted by Crippen LogP contribution is -2.43. The van der Waals surface area contributed by atoms with Crippen molar-refractivity contribution in [2.75, 3.05) is 35.6 Å². The van der Waals surface area contributed by atoms with Gasteiger partial charge in [-0.1, -0.05) is 11.3 Å². The van der Waals surface area contributed by atoms with E-state index in [1.807, 2.05) is 20.8 Å². The Labute approximate surface area is 128 Å². The van der Waals surface area contributed by atoms with Crippen LogP contribution < -0.4 is 11.1 Å². The van der Waals surface area contributed by atoms with Gasteiger partial charge in [0.05, 0.1) is 11.5 Å². The van der Waals surface area contributed by atoms with Crippen molar-refractivity contribution in [2.24, 2.45) is 0 Å². The summed E-state index contributed by atoms with van der Waals surface area (Å²) in [6.07, 6.45) is 0. The van der Waals surface area contributed by atoms with Gasteiger partial charge in [-0.25, -0.2) is 13.4 Å². The standard InChI is InChI=1S/C12H20N4O3S2/c1-12(2,3)15-11-14-9(13)8(20-11)10(17)16-4-6-21(18,19)7-5-16/h4-7,13H2,1-3H3,(H,14,15). The molecular formula is C12H20N4O3S2. The van der Waals surface area contributed by atoms with Gasteiger partial charge in [0, 0.05) is 18.6 Å². The molecule has 9 heteroatoms. The van der Waals surface area contributed by atoms with Crippen molar-refractivity contribution in [2.45, 2.75) is 26.3 Å². The van der Waals surface area contributed by atoms with Crippen LogP contribution in [0.3, 0.4) is 0 Å². The fourth-order valence-electron chi connectivity index (χ4n) is 1.92. The number of hydrogen-bond acceptors (Lipinski definition) is 7. The summed E-state index contributed by atoms with van der Waals surface area (Å²) in [7, 11) is -3.01. The number of hydrogen-bond donors (Lipinski definition) is 2. The first-order valence-electron chi connectivity index (χ1n) is 6.62. The lowest BCUT2D eigenvalue weighted by atomic mass is 10.1. The van der Waals surface area contributed by atoms with Crippen molar-refractivity contribution in [1.82, 2.24) is 9.88 Å². The maximum Gasteiger partial charge on any atom is 0.267 e. The smallest absolute Gasteiger partial charge is 0.267 e. The molecule has 118 valence electrons. The van der Waals surface area contributed by atoms with E-state index in [-0.39, 0.29) is 41.9 Å². The number of sulfone groups is 1.